The Labute approximate surface area is 55.6 Å². The number of hydrogen-bond donors (Lipinski definition) is 2. The zero-order chi connectivity index (χ0) is 7.49. The molecule has 0 aromatic carbocycles. The lowest BCUT2D eigenvalue weighted by molar-refractivity contribution is -0.128. The van der Waals surface area contributed by atoms with Gasteiger partial charge in [-0.2, -0.15) is 0 Å². The van der Waals surface area contributed by atoms with Crippen molar-refractivity contribution in [1.29, 1.82) is 0 Å². The Morgan fingerprint density at radius 1 is 1.56 bits per heavy atom. The zero-order valence-corrected chi connectivity index (χ0v) is 6.19. The minimum atomic E-state index is -0.320. The van der Waals surface area contributed by atoms with Crippen LogP contribution in [0.5, 0.6) is 0 Å². The highest BCUT2D eigenvalue weighted by Crippen LogP contribution is 2.11. The van der Waals surface area contributed by atoms with Crippen molar-refractivity contribution in [3.8, 4) is 0 Å². The van der Waals surface area contributed by atoms with Gasteiger partial charge in [0.15, 0.2) is 0 Å². The molecule has 0 aliphatic carbocycles. The molecular weight excluding hydrogens is 116 g/mol. The van der Waals surface area contributed by atoms with Crippen LogP contribution in [0, 0.1) is 5.41 Å². The summed E-state index contributed by atoms with van der Waals surface area (Å²) in [4.78, 5) is 10.9. The number of nitrogens with two attached hydrogens (primary N) is 1. The summed E-state index contributed by atoms with van der Waals surface area (Å²) in [6.45, 7) is 5.75. The van der Waals surface area contributed by atoms with Gasteiger partial charge in [-0.05, 0) is 0 Å². The van der Waals surface area contributed by atoms with Crippen LogP contribution in [-0.2, 0) is 4.79 Å². The van der Waals surface area contributed by atoms with Gasteiger partial charge in [0, 0.05) is 5.41 Å². The number of rotatable bonds is 1. The fraction of sp³-hybridized carbons (Fsp3) is 0.833. The molecule has 0 aromatic rings. The number of hydrogen-bond acceptors (Lipinski definition) is 2. The van der Waals surface area contributed by atoms with Gasteiger partial charge in [0.25, 0.3) is 0 Å². The summed E-state index contributed by atoms with van der Waals surface area (Å²) in [5, 5.41) is 2.52. The molecule has 0 radical (unpaired) electrons. The lowest BCUT2D eigenvalue weighted by Crippen LogP contribution is -2.38. The third-order valence-corrected chi connectivity index (χ3v) is 0.944. The van der Waals surface area contributed by atoms with Crippen LogP contribution >= 0.6 is 0 Å². The largest absolute Gasteiger partial charge is 0.343 e. The van der Waals surface area contributed by atoms with E-state index in [1.165, 1.54) is 0 Å². The van der Waals surface area contributed by atoms with Crippen molar-refractivity contribution in [2.75, 3.05) is 6.67 Å². The van der Waals surface area contributed by atoms with E-state index in [1.807, 2.05) is 20.8 Å². The summed E-state index contributed by atoms with van der Waals surface area (Å²) >= 11 is 0. The highest BCUT2D eigenvalue weighted by atomic mass is 16.2. The molecule has 3 heteroatoms. The van der Waals surface area contributed by atoms with Gasteiger partial charge in [-0.25, -0.2) is 0 Å². The molecule has 3 nitrogen and oxygen atoms in total. The van der Waals surface area contributed by atoms with Crippen molar-refractivity contribution in [2.24, 2.45) is 11.1 Å². The number of nitrogens with one attached hydrogen (secondary N) is 1. The lowest BCUT2D eigenvalue weighted by atomic mass is 9.96. The van der Waals surface area contributed by atoms with Crippen LogP contribution in [0.2, 0.25) is 0 Å². The molecule has 0 aromatic heterocycles. The highest BCUT2D eigenvalue weighted by Gasteiger charge is 2.19. The van der Waals surface area contributed by atoms with Gasteiger partial charge >= 0.3 is 0 Å². The fourth-order valence-corrected chi connectivity index (χ4v) is 0.358. The van der Waals surface area contributed by atoms with Gasteiger partial charge in [-0.15, -0.1) is 0 Å². The quantitative estimate of drug-likeness (QED) is 0.493. The van der Waals surface area contributed by atoms with Crippen LogP contribution in [0.15, 0.2) is 0 Å². The van der Waals surface area contributed by atoms with E-state index in [1.54, 1.807) is 0 Å². The summed E-state index contributed by atoms with van der Waals surface area (Å²) in [6.07, 6.45) is 0. The first-order valence-electron chi connectivity index (χ1n) is 2.97. The van der Waals surface area contributed by atoms with Gasteiger partial charge in [0.1, 0.15) is 0 Å². The second-order valence-corrected chi connectivity index (χ2v) is 2.96. The monoisotopic (exact) mass is 130 g/mol. The smallest absolute Gasteiger partial charge is 0.226 e. The van der Waals surface area contributed by atoms with Gasteiger partial charge < -0.3 is 11.1 Å². The van der Waals surface area contributed by atoms with E-state index in [0.717, 1.165) is 0 Å². The predicted octanol–water partition coefficient (Wildman–Crippen LogP) is 0.0649. The molecule has 0 rings (SSSR count). The third-order valence-electron chi connectivity index (χ3n) is 0.944. The van der Waals surface area contributed by atoms with Crippen LogP contribution in [-0.4, -0.2) is 12.6 Å². The average Bonchev–Trinajstić information content (AvgIpc) is 1.64. The topological polar surface area (TPSA) is 55.1 Å². The Kier molecular flexibility index (Phi) is 2.65. The number of carbonyl (C=O) groups is 1. The summed E-state index contributed by atoms with van der Waals surface area (Å²) in [5.74, 6) is -0.00926. The van der Waals surface area contributed by atoms with Gasteiger partial charge in [-0.1, -0.05) is 20.8 Å². The molecule has 0 aliphatic rings. The molecule has 0 fully saturated rings. The first kappa shape index (κ1) is 8.43. The van der Waals surface area contributed by atoms with Crippen molar-refractivity contribution in [3.63, 3.8) is 0 Å². The molecular formula is C6H14N2O. The molecule has 54 valence electrons. The number of carbonyl (C=O) groups excluding carboxylic acids is 1. The van der Waals surface area contributed by atoms with Crippen molar-refractivity contribution < 1.29 is 4.79 Å². The summed E-state index contributed by atoms with van der Waals surface area (Å²) in [5.41, 5.74) is 4.77. The number of amides is 1. The molecule has 0 saturated carbocycles. The standard InChI is InChI=1S/C6H14N2O/c1-6(2,3)5(9)8-4-7/h4,7H2,1-3H3,(H,8,9). The van der Waals surface area contributed by atoms with Crippen molar-refractivity contribution in [2.45, 2.75) is 20.8 Å². The first-order valence-corrected chi connectivity index (χ1v) is 2.97. The molecule has 9 heavy (non-hydrogen) atoms. The second kappa shape index (κ2) is 2.82. The van der Waals surface area contributed by atoms with Crippen molar-refractivity contribution in [3.05, 3.63) is 0 Å². The Balaban J connectivity index is 3.74. The molecule has 0 saturated heterocycles. The predicted molar refractivity (Wildman–Crippen MR) is 36.7 cm³/mol. The normalized spacial score (nSPS) is 11.1. The summed E-state index contributed by atoms with van der Waals surface area (Å²) in [6, 6.07) is 0. The van der Waals surface area contributed by atoms with Crippen LogP contribution in [0.25, 0.3) is 0 Å². The molecule has 0 unspecified atom stereocenters. The van der Waals surface area contributed by atoms with E-state index >= 15 is 0 Å². The van der Waals surface area contributed by atoms with Crippen LogP contribution < -0.4 is 11.1 Å². The molecule has 0 spiro atoms. The van der Waals surface area contributed by atoms with Crippen molar-refractivity contribution >= 4 is 5.91 Å². The van der Waals surface area contributed by atoms with E-state index in [-0.39, 0.29) is 18.0 Å². The minimum Gasteiger partial charge on any atom is -0.343 e. The third kappa shape index (κ3) is 3.08. The molecule has 0 aliphatic heterocycles. The van der Waals surface area contributed by atoms with E-state index in [4.69, 9.17) is 5.73 Å². The Bertz CT molecular complexity index is 104. The van der Waals surface area contributed by atoms with Crippen LogP contribution in [0.3, 0.4) is 0 Å². The van der Waals surface area contributed by atoms with Gasteiger partial charge in [-0.3, -0.25) is 4.79 Å². The van der Waals surface area contributed by atoms with Gasteiger partial charge in [0.2, 0.25) is 5.91 Å². The summed E-state index contributed by atoms with van der Waals surface area (Å²) < 4.78 is 0. The maximum atomic E-state index is 10.9. The summed E-state index contributed by atoms with van der Waals surface area (Å²) in [7, 11) is 0. The molecule has 3 N–H and O–H groups in total. The molecule has 0 heterocycles. The van der Waals surface area contributed by atoms with E-state index < -0.39 is 0 Å². The van der Waals surface area contributed by atoms with Crippen LogP contribution in [0.4, 0.5) is 0 Å². The zero-order valence-electron chi connectivity index (χ0n) is 6.19. The average molecular weight is 130 g/mol. The maximum Gasteiger partial charge on any atom is 0.226 e. The van der Waals surface area contributed by atoms with E-state index in [0.29, 0.717) is 0 Å². The Morgan fingerprint density at radius 2 is 2.00 bits per heavy atom. The van der Waals surface area contributed by atoms with E-state index in [2.05, 4.69) is 5.32 Å². The van der Waals surface area contributed by atoms with E-state index in [9.17, 15) is 4.79 Å². The lowest BCUT2D eigenvalue weighted by Gasteiger charge is -2.16. The molecule has 0 bridgehead atoms. The minimum absolute atomic E-state index is 0.00926. The maximum absolute atomic E-state index is 10.9. The Hall–Kier alpha value is -0.570. The van der Waals surface area contributed by atoms with Crippen molar-refractivity contribution in [1.82, 2.24) is 5.32 Å². The highest BCUT2D eigenvalue weighted by molar-refractivity contribution is 5.81. The fourth-order valence-electron chi connectivity index (χ4n) is 0.358. The second-order valence-electron chi connectivity index (χ2n) is 2.96. The molecule has 1 amide bonds. The van der Waals surface area contributed by atoms with Gasteiger partial charge in [0.05, 0.1) is 6.67 Å². The Morgan fingerprint density at radius 3 is 2.11 bits per heavy atom. The molecule has 0 atom stereocenters. The van der Waals surface area contributed by atoms with Crippen LogP contribution in [0.1, 0.15) is 20.8 Å². The first-order chi connectivity index (χ1) is 3.98. The SMILES string of the molecule is CC(C)(C)C(=O)NCN.